The molecule has 0 radical (unpaired) electrons. The number of nitrogens with zero attached hydrogens (tertiary/aromatic N) is 1. The summed E-state index contributed by atoms with van der Waals surface area (Å²) in [7, 11) is 0. The Morgan fingerprint density at radius 1 is 0.969 bits per heavy atom. The number of carbonyl (C=O) groups excluding carboxylic acids is 1. The number of halogens is 3. The first kappa shape index (κ1) is 21.5. The van der Waals surface area contributed by atoms with Crippen molar-refractivity contribution in [2.24, 2.45) is 0 Å². The molecule has 4 aromatic rings. The number of H-pyrrole nitrogens is 1. The molecule has 0 fully saturated rings. The molecular weight excluding hydrogens is 440 g/mol. The van der Waals surface area contributed by atoms with E-state index in [1.165, 1.54) is 24.3 Å². The summed E-state index contributed by atoms with van der Waals surface area (Å²) >= 11 is 5.93. The number of amides is 1. The highest BCUT2D eigenvalue weighted by atomic mass is 35.5. The number of hydrogen-bond acceptors (Lipinski definition) is 3. The third-order valence-corrected chi connectivity index (χ3v) is 5.17. The summed E-state index contributed by atoms with van der Waals surface area (Å²) in [5.41, 5.74) is -0.536. The zero-order chi connectivity index (χ0) is 22.8. The molecule has 1 aromatic heterocycles. The number of rotatable bonds is 5. The topological polar surface area (TPSA) is 84.0 Å². The van der Waals surface area contributed by atoms with E-state index in [1.807, 2.05) is 0 Å². The highest BCUT2D eigenvalue weighted by molar-refractivity contribution is 6.30. The molecule has 0 saturated carbocycles. The lowest BCUT2D eigenvalue weighted by atomic mass is 10.1. The van der Waals surface area contributed by atoms with E-state index in [4.69, 9.17) is 11.6 Å². The van der Waals surface area contributed by atoms with Gasteiger partial charge in [-0.1, -0.05) is 35.9 Å². The summed E-state index contributed by atoms with van der Waals surface area (Å²) in [5.74, 6) is -2.14. The average molecular weight is 456 g/mol. The summed E-state index contributed by atoms with van der Waals surface area (Å²) in [6.45, 7) is 0.0385. The highest BCUT2D eigenvalue weighted by Crippen LogP contribution is 2.16. The maximum Gasteiger partial charge on any atom is 0.329 e. The summed E-state index contributed by atoms with van der Waals surface area (Å²) in [6.07, 6.45) is 0. The fourth-order valence-electron chi connectivity index (χ4n) is 3.41. The van der Waals surface area contributed by atoms with E-state index < -0.39 is 28.8 Å². The molecule has 0 atom stereocenters. The Balaban J connectivity index is 1.64. The molecule has 6 nitrogen and oxygen atoms in total. The molecule has 1 heterocycles. The predicted molar refractivity (Wildman–Crippen MR) is 117 cm³/mol. The Morgan fingerprint density at radius 2 is 1.75 bits per heavy atom. The van der Waals surface area contributed by atoms with Crippen molar-refractivity contribution in [1.29, 1.82) is 0 Å². The standard InChI is InChI=1S/C23H16ClF2N3O3/c24-15-4-1-3-13(9-15)11-27-21(30)16-10-14(7-8-17(16)25)12-29-19-6-2-5-18(26)20(19)22(31)28-23(29)32/h1-10H,11-12H2,(H,27,30)(H,28,31,32). The van der Waals surface area contributed by atoms with Gasteiger partial charge in [0.25, 0.3) is 11.5 Å². The van der Waals surface area contributed by atoms with Gasteiger partial charge < -0.3 is 5.32 Å². The van der Waals surface area contributed by atoms with E-state index in [0.717, 1.165) is 22.3 Å². The van der Waals surface area contributed by atoms with Crippen LogP contribution in [-0.4, -0.2) is 15.5 Å². The number of aromatic nitrogens is 2. The first-order valence-corrected chi connectivity index (χ1v) is 9.93. The Morgan fingerprint density at radius 3 is 2.53 bits per heavy atom. The van der Waals surface area contributed by atoms with E-state index in [-0.39, 0.29) is 29.6 Å². The number of fused-ring (bicyclic) bond motifs is 1. The number of hydrogen-bond donors (Lipinski definition) is 2. The summed E-state index contributed by atoms with van der Waals surface area (Å²) in [6, 6.07) is 14.7. The smallest absolute Gasteiger partial charge is 0.329 e. The highest BCUT2D eigenvalue weighted by Gasteiger charge is 2.15. The van der Waals surface area contributed by atoms with Crippen LogP contribution in [0.4, 0.5) is 8.78 Å². The van der Waals surface area contributed by atoms with Crippen molar-refractivity contribution >= 4 is 28.4 Å². The molecule has 4 rings (SSSR count). The second-order valence-corrected chi connectivity index (χ2v) is 7.54. The number of aromatic amines is 1. The van der Waals surface area contributed by atoms with Crippen LogP contribution in [0.5, 0.6) is 0 Å². The largest absolute Gasteiger partial charge is 0.348 e. The molecule has 2 N–H and O–H groups in total. The van der Waals surface area contributed by atoms with Crippen LogP contribution in [-0.2, 0) is 13.1 Å². The molecule has 0 unspecified atom stereocenters. The third-order valence-electron chi connectivity index (χ3n) is 4.93. The number of nitrogens with one attached hydrogen (secondary N) is 2. The summed E-state index contributed by atoms with van der Waals surface area (Å²) in [5, 5.41) is 2.89. The van der Waals surface area contributed by atoms with Crippen LogP contribution in [0.2, 0.25) is 5.02 Å². The van der Waals surface area contributed by atoms with E-state index >= 15 is 0 Å². The molecule has 0 aliphatic rings. The van der Waals surface area contributed by atoms with Crippen LogP contribution in [0.15, 0.2) is 70.3 Å². The van der Waals surface area contributed by atoms with Gasteiger partial charge in [-0.05, 0) is 47.5 Å². The predicted octanol–water partition coefficient (Wildman–Crippen LogP) is 3.60. The minimum Gasteiger partial charge on any atom is -0.348 e. The second kappa shape index (κ2) is 8.76. The lowest BCUT2D eigenvalue weighted by molar-refractivity contribution is 0.0946. The molecule has 0 spiro atoms. The van der Waals surface area contributed by atoms with Gasteiger partial charge in [0.15, 0.2) is 0 Å². The quantitative estimate of drug-likeness (QED) is 0.482. The third kappa shape index (κ3) is 4.31. The van der Waals surface area contributed by atoms with Gasteiger partial charge in [-0.3, -0.25) is 19.1 Å². The first-order valence-electron chi connectivity index (χ1n) is 9.56. The van der Waals surface area contributed by atoms with Crippen LogP contribution < -0.4 is 16.6 Å². The van der Waals surface area contributed by atoms with Gasteiger partial charge in [0.1, 0.15) is 11.6 Å². The van der Waals surface area contributed by atoms with Crippen LogP contribution >= 0.6 is 11.6 Å². The normalized spacial score (nSPS) is 11.0. The molecular formula is C23H16ClF2N3O3. The van der Waals surface area contributed by atoms with Gasteiger partial charge in [-0.25, -0.2) is 13.6 Å². The van der Waals surface area contributed by atoms with Crippen molar-refractivity contribution in [2.75, 3.05) is 0 Å². The van der Waals surface area contributed by atoms with Crippen molar-refractivity contribution in [2.45, 2.75) is 13.1 Å². The molecule has 32 heavy (non-hydrogen) atoms. The van der Waals surface area contributed by atoms with Gasteiger partial charge in [0.2, 0.25) is 0 Å². The van der Waals surface area contributed by atoms with Crippen LogP contribution in [0, 0.1) is 11.6 Å². The van der Waals surface area contributed by atoms with E-state index in [2.05, 4.69) is 10.3 Å². The van der Waals surface area contributed by atoms with Gasteiger partial charge in [-0.15, -0.1) is 0 Å². The minimum absolute atomic E-state index is 0.0926. The maximum absolute atomic E-state index is 14.3. The van der Waals surface area contributed by atoms with Crippen molar-refractivity contribution in [3.63, 3.8) is 0 Å². The Bertz CT molecular complexity index is 1460. The SMILES string of the molecule is O=C(NCc1cccc(Cl)c1)c1cc(Cn2c(=O)[nH]c(=O)c3c(F)cccc32)ccc1F. The Labute approximate surface area is 185 Å². The lowest BCUT2D eigenvalue weighted by Gasteiger charge is -2.12. The van der Waals surface area contributed by atoms with E-state index in [1.54, 1.807) is 24.3 Å². The number of benzene rings is 3. The molecule has 0 aliphatic heterocycles. The lowest BCUT2D eigenvalue weighted by Crippen LogP contribution is -2.31. The van der Waals surface area contributed by atoms with Crippen LogP contribution in [0.1, 0.15) is 21.5 Å². The zero-order valence-corrected chi connectivity index (χ0v) is 17.2. The van der Waals surface area contributed by atoms with Gasteiger partial charge in [0.05, 0.1) is 23.0 Å². The van der Waals surface area contributed by atoms with Crippen LogP contribution in [0.25, 0.3) is 10.9 Å². The van der Waals surface area contributed by atoms with Crippen LogP contribution in [0.3, 0.4) is 0 Å². The minimum atomic E-state index is -0.834. The summed E-state index contributed by atoms with van der Waals surface area (Å²) < 4.78 is 29.6. The van der Waals surface area contributed by atoms with E-state index in [9.17, 15) is 23.2 Å². The van der Waals surface area contributed by atoms with E-state index in [0.29, 0.717) is 10.6 Å². The molecule has 0 bridgehead atoms. The molecule has 0 aliphatic carbocycles. The second-order valence-electron chi connectivity index (χ2n) is 7.11. The molecule has 0 saturated heterocycles. The van der Waals surface area contributed by atoms with Gasteiger partial charge >= 0.3 is 5.69 Å². The monoisotopic (exact) mass is 455 g/mol. The summed E-state index contributed by atoms with van der Waals surface area (Å²) in [4.78, 5) is 39.0. The Hall–Kier alpha value is -3.78. The first-order chi connectivity index (χ1) is 15.3. The Kier molecular flexibility index (Phi) is 5.87. The van der Waals surface area contributed by atoms with Crippen molar-refractivity contribution in [1.82, 2.24) is 14.9 Å². The molecule has 3 aromatic carbocycles. The van der Waals surface area contributed by atoms with Gasteiger partial charge in [-0.2, -0.15) is 0 Å². The van der Waals surface area contributed by atoms with Crippen molar-refractivity contribution in [3.05, 3.63) is 115 Å². The van der Waals surface area contributed by atoms with Gasteiger partial charge in [0, 0.05) is 11.6 Å². The van der Waals surface area contributed by atoms with Crippen molar-refractivity contribution < 1.29 is 13.6 Å². The molecule has 9 heteroatoms. The maximum atomic E-state index is 14.3. The molecule has 1 amide bonds. The van der Waals surface area contributed by atoms with Crippen molar-refractivity contribution in [3.8, 4) is 0 Å². The fourth-order valence-corrected chi connectivity index (χ4v) is 3.62. The average Bonchev–Trinajstić information content (AvgIpc) is 2.76. The fraction of sp³-hybridized carbons (Fsp3) is 0.0870. The number of carbonyl (C=O) groups is 1. The zero-order valence-electron chi connectivity index (χ0n) is 16.5. The molecule has 162 valence electrons.